The van der Waals surface area contributed by atoms with Crippen molar-refractivity contribution < 1.29 is 17.9 Å². The van der Waals surface area contributed by atoms with Gasteiger partial charge in [-0.15, -0.1) is 12.4 Å². The molecular weight excluding hydrogens is 243 g/mol. The number of halogens is 4. The molecule has 0 saturated carbocycles. The van der Waals surface area contributed by atoms with Crippen LogP contribution in [-0.2, 0) is 0 Å². The fourth-order valence-electron chi connectivity index (χ4n) is 1.24. The second-order valence-electron chi connectivity index (χ2n) is 3.13. The number of hydrogen-bond donors (Lipinski definition) is 1. The predicted octanol–water partition coefficient (Wildman–Crippen LogP) is 2.91. The van der Waals surface area contributed by atoms with Crippen molar-refractivity contribution in [3.8, 4) is 5.75 Å². The van der Waals surface area contributed by atoms with Crippen LogP contribution in [-0.4, -0.2) is 13.5 Å². The van der Waals surface area contributed by atoms with Gasteiger partial charge in [0.2, 0.25) is 6.43 Å². The van der Waals surface area contributed by atoms with E-state index in [9.17, 15) is 13.2 Å². The summed E-state index contributed by atoms with van der Waals surface area (Å²) >= 11 is 0. The van der Waals surface area contributed by atoms with E-state index < -0.39 is 24.7 Å². The maximum atomic E-state index is 13.2. The molecule has 6 heteroatoms. The van der Waals surface area contributed by atoms with Gasteiger partial charge in [0, 0.05) is 12.5 Å². The van der Waals surface area contributed by atoms with Crippen molar-refractivity contribution in [2.24, 2.45) is 5.73 Å². The van der Waals surface area contributed by atoms with Gasteiger partial charge >= 0.3 is 0 Å². The minimum atomic E-state index is -2.50. The molecule has 0 amide bonds. The molecule has 0 radical (unpaired) electrons. The van der Waals surface area contributed by atoms with Crippen molar-refractivity contribution in [2.75, 3.05) is 7.11 Å². The number of methoxy groups -OCH3 is 1. The van der Waals surface area contributed by atoms with Crippen molar-refractivity contribution in [3.63, 3.8) is 0 Å². The second kappa shape index (κ2) is 6.60. The summed E-state index contributed by atoms with van der Waals surface area (Å²) in [6, 6.07) is 3.11. The molecule has 2 nitrogen and oxygen atoms in total. The van der Waals surface area contributed by atoms with Crippen molar-refractivity contribution in [1.29, 1.82) is 0 Å². The Kier molecular flexibility index (Phi) is 6.21. The van der Waals surface area contributed by atoms with Crippen molar-refractivity contribution >= 4 is 12.4 Å². The minimum absolute atomic E-state index is 0. The van der Waals surface area contributed by atoms with Gasteiger partial charge in [0.1, 0.15) is 0 Å². The van der Waals surface area contributed by atoms with Crippen molar-refractivity contribution in [2.45, 2.75) is 18.9 Å². The molecule has 0 aromatic heterocycles. The lowest BCUT2D eigenvalue weighted by molar-refractivity contribution is 0.128. The van der Waals surface area contributed by atoms with Crippen LogP contribution in [0.25, 0.3) is 0 Å². The zero-order valence-electron chi connectivity index (χ0n) is 8.62. The molecule has 1 rings (SSSR count). The fourth-order valence-corrected chi connectivity index (χ4v) is 1.24. The van der Waals surface area contributed by atoms with Gasteiger partial charge in [-0.05, 0) is 17.7 Å². The number of rotatable bonds is 4. The van der Waals surface area contributed by atoms with E-state index in [0.717, 1.165) is 6.07 Å². The molecule has 1 atom stereocenters. The highest BCUT2D eigenvalue weighted by Crippen LogP contribution is 2.23. The van der Waals surface area contributed by atoms with Crippen LogP contribution in [0.1, 0.15) is 18.0 Å². The summed E-state index contributed by atoms with van der Waals surface area (Å²) in [7, 11) is 1.33. The van der Waals surface area contributed by atoms with Crippen LogP contribution in [0.15, 0.2) is 18.2 Å². The van der Waals surface area contributed by atoms with E-state index in [2.05, 4.69) is 0 Å². The Morgan fingerprint density at radius 3 is 2.44 bits per heavy atom. The lowest BCUT2D eigenvalue weighted by Gasteiger charge is -2.12. The summed E-state index contributed by atoms with van der Waals surface area (Å²) in [6.07, 6.45) is -2.98. The molecule has 1 aromatic rings. The van der Waals surface area contributed by atoms with Gasteiger partial charge in [0.25, 0.3) is 0 Å². The quantitative estimate of drug-likeness (QED) is 0.898. The van der Waals surface area contributed by atoms with Gasteiger partial charge in [-0.1, -0.05) is 6.07 Å². The van der Waals surface area contributed by atoms with Crippen LogP contribution in [0.4, 0.5) is 13.2 Å². The van der Waals surface area contributed by atoms with Crippen molar-refractivity contribution in [3.05, 3.63) is 29.6 Å². The third kappa shape index (κ3) is 3.90. The van der Waals surface area contributed by atoms with E-state index >= 15 is 0 Å². The summed E-state index contributed by atoms with van der Waals surface area (Å²) in [5.74, 6) is -0.525. The highest BCUT2D eigenvalue weighted by molar-refractivity contribution is 5.85. The van der Waals surface area contributed by atoms with E-state index in [1.54, 1.807) is 0 Å². The van der Waals surface area contributed by atoms with E-state index in [1.807, 2.05) is 0 Å². The number of benzene rings is 1. The number of hydrogen-bond acceptors (Lipinski definition) is 2. The zero-order valence-corrected chi connectivity index (χ0v) is 9.44. The van der Waals surface area contributed by atoms with Gasteiger partial charge in [0.05, 0.1) is 7.11 Å². The molecule has 0 saturated heterocycles. The maximum Gasteiger partial charge on any atom is 0.240 e. The normalized spacial score (nSPS) is 12.1. The van der Waals surface area contributed by atoms with Gasteiger partial charge in [-0.2, -0.15) is 0 Å². The van der Waals surface area contributed by atoms with E-state index in [0.29, 0.717) is 5.56 Å². The lowest BCUT2D eigenvalue weighted by Crippen LogP contribution is -2.14. The Bertz CT molecular complexity index is 336. The summed E-state index contributed by atoms with van der Waals surface area (Å²) in [5.41, 5.74) is 5.81. The molecule has 92 valence electrons. The SMILES string of the molecule is COc1ccc([C@@H](N)CC(F)F)cc1F.Cl. The average Bonchev–Trinajstić information content (AvgIpc) is 2.16. The molecule has 0 spiro atoms. The first-order valence-corrected chi connectivity index (χ1v) is 4.41. The number of ether oxygens (including phenoxy) is 1. The maximum absolute atomic E-state index is 13.2. The van der Waals surface area contributed by atoms with Gasteiger partial charge in [-0.3, -0.25) is 0 Å². The van der Waals surface area contributed by atoms with Gasteiger partial charge < -0.3 is 10.5 Å². The topological polar surface area (TPSA) is 35.2 Å². The van der Waals surface area contributed by atoms with Crippen LogP contribution in [0.2, 0.25) is 0 Å². The molecular formula is C10H13ClF3NO. The molecule has 0 unspecified atom stereocenters. The first kappa shape index (κ1) is 15.1. The van der Waals surface area contributed by atoms with Crippen LogP contribution >= 0.6 is 12.4 Å². The first-order valence-electron chi connectivity index (χ1n) is 4.41. The zero-order chi connectivity index (χ0) is 11.4. The standard InChI is InChI=1S/C10H12F3NO.ClH/c1-15-9-3-2-6(4-7(9)11)8(14)5-10(12)13;/h2-4,8,10H,5,14H2,1H3;1H/t8-;/m0./s1. The Morgan fingerprint density at radius 1 is 1.38 bits per heavy atom. The molecule has 0 aliphatic heterocycles. The number of alkyl halides is 2. The Hall–Kier alpha value is -0.940. The fraction of sp³-hybridized carbons (Fsp3) is 0.400. The second-order valence-corrected chi connectivity index (χ2v) is 3.13. The van der Waals surface area contributed by atoms with E-state index in [1.165, 1.54) is 19.2 Å². The molecule has 0 aliphatic rings. The van der Waals surface area contributed by atoms with Gasteiger partial charge in [0.15, 0.2) is 11.6 Å². The first-order chi connectivity index (χ1) is 7.04. The molecule has 1 aromatic carbocycles. The third-order valence-electron chi connectivity index (χ3n) is 2.04. The van der Waals surface area contributed by atoms with Crippen LogP contribution < -0.4 is 10.5 Å². The molecule has 0 fully saturated rings. The van der Waals surface area contributed by atoms with E-state index in [4.69, 9.17) is 10.5 Å². The Balaban J connectivity index is 0.00000225. The molecule has 0 aliphatic carbocycles. The smallest absolute Gasteiger partial charge is 0.240 e. The Labute approximate surface area is 98.0 Å². The van der Waals surface area contributed by atoms with Crippen LogP contribution in [0.3, 0.4) is 0 Å². The van der Waals surface area contributed by atoms with Crippen LogP contribution in [0.5, 0.6) is 5.75 Å². The summed E-state index contributed by atoms with van der Waals surface area (Å²) in [5, 5.41) is 0. The molecule has 16 heavy (non-hydrogen) atoms. The summed E-state index contributed by atoms with van der Waals surface area (Å²) < 4.78 is 41.9. The molecule has 0 heterocycles. The Morgan fingerprint density at radius 2 is 2.00 bits per heavy atom. The van der Waals surface area contributed by atoms with Crippen molar-refractivity contribution in [1.82, 2.24) is 0 Å². The highest BCUT2D eigenvalue weighted by atomic mass is 35.5. The highest BCUT2D eigenvalue weighted by Gasteiger charge is 2.14. The lowest BCUT2D eigenvalue weighted by atomic mass is 10.0. The molecule has 0 bridgehead atoms. The third-order valence-corrected chi connectivity index (χ3v) is 2.04. The summed E-state index contributed by atoms with van der Waals surface area (Å²) in [6.45, 7) is 0. The monoisotopic (exact) mass is 255 g/mol. The predicted molar refractivity (Wildman–Crippen MR) is 57.7 cm³/mol. The average molecular weight is 256 g/mol. The summed E-state index contributed by atoms with van der Waals surface area (Å²) in [4.78, 5) is 0. The van der Waals surface area contributed by atoms with Crippen LogP contribution in [0, 0.1) is 5.82 Å². The number of nitrogens with two attached hydrogens (primary N) is 1. The van der Waals surface area contributed by atoms with Gasteiger partial charge in [-0.25, -0.2) is 13.2 Å². The van der Waals surface area contributed by atoms with E-state index in [-0.39, 0.29) is 18.2 Å². The molecule has 2 N–H and O–H groups in total. The largest absolute Gasteiger partial charge is 0.494 e. The minimum Gasteiger partial charge on any atom is -0.494 e.